The van der Waals surface area contributed by atoms with Crippen molar-refractivity contribution >= 4 is 0 Å². The molecule has 0 amide bonds. The maximum absolute atomic E-state index is 8.56. The van der Waals surface area contributed by atoms with Crippen molar-refractivity contribution in [3.05, 3.63) is 12.2 Å². The number of aliphatic hydroxyl groups excluding tert-OH is 1. The highest BCUT2D eigenvalue weighted by molar-refractivity contribution is 4.85. The van der Waals surface area contributed by atoms with Gasteiger partial charge in [-0.1, -0.05) is 32.4 Å². The highest BCUT2D eigenvalue weighted by Crippen LogP contribution is 2.07. The minimum Gasteiger partial charge on any atom is -0.396 e. The average molecular weight is 156 g/mol. The zero-order valence-corrected chi connectivity index (χ0v) is 7.71. The molecule has 1 nitrogen and oxygen atoms in total. The van der Waals surface area contributed by atoms with Crippen LogP contribution in [0.2, 0.25) is 0 Å². The van der Waals surface area contributed by atoms with Crippen LogP contribution >= 0.6 is 0 Å². The Hall–Kier alpha value is -0.300. The Balaban J connectivity index is 3.27. The van der Waals surface area contributed by atoms with Crippen molar-refractivity contribution in [2.45, 2.75) is 39.5 Å². The highest BCUT2D eigenvalue weighted by Gasteiger charge is 1.94. The van der Waals surface area contributed by atoms with E-state index in [1.807, 2.05) is 0 Å². The molecule has 11 heavy (non-hydrogen) atoms. The number of hydrogen-bond donors (Lipinski definition) is 1. The first-order valence-corrected chi connectivity index (χ1v) is 4.58. The van der Waals surface area contributed by atoms with E-state index in [4.69, 9.17) is 5.11 Å². The first-order valence-electron chi connectivity index (χ1n) is 4.58. The molecule has 1 N–H and O–H groups in total. The second-order valence-corrected chi connectivity index (χ2v) is 3.06. The molecule has 1 heteroatoms. The van der Waals surface area contributed by atoms with E-state index in [9.17, 15) is 0 Å². The van der Waals surface area contributed by atoms with Crippen molar-refractivity contribution in [3.63, 3.8) is 0 Å². The van der Waals surface area contributed by atoms with E-state index in [1.54, 1.807) is 0 Å². The van der Waals surface area contributed by atoms with Gasteiger partial charge in [-0.05, 0) is 25.2 Å². The van der Waals surface area contributed by atoms with Gasteiger partial charge in [0.25, 0.3) is 0 Å². The Kier molecular flexibility index (Phi) is 7.59. The minimum absolute atomic E-state index is 0.325. The maximum Gasteiger partial charge on any atom is 0.0431 e. The fourth-order valence-electron chi connectivity index (χ4n) is 1.00. The topological polar surface area (TPSA) is 20.2 Å². The molecule has 0 aromatic carbocycles. The summed E-state index contributed by atoms with van der Waals surface area (Å²) >= 11 is 0. The molecular formula is C10H20O. The lowest BCUT2D eigenvalue weighted by molar-refractivity contribution is 0.279. The van der Waals surface area contributed by atoms with E-state index in [1.165, 1.54) is 12.8 Å². The molecular weight excluding hydrogens is 136 g/mol. The molecule has 1 atom stereocenters. The van der Waals surface area contributed by atoms with Crippen LogP contribution in [0.4, 0.5) is 0 Å². The van der Waals surface area contributed by atoms with Crippen LogP contribution in [0.3, 0.4) is 0 Å². The number of hydrogen-bond acceptors (Lipinski definition) is 1. The largest absolute Gasteiger partial charge is 0.396 e. The summed E-state index contributed by atoms with van der Waals surface area (Å²) in [7, 11) is 0. The molecule has 0 bridgehead atoms. The first kappa shape index (κ1) is 10.7. The first-order chi connectivity index (χ1) is 5.31. The predicted molar refractivity (Wildman–Crippen MR) is 49.5 cm³/mol. The molecule has 0 saturated carbocycles. The third kappa shape index (κ3) is 7.60. The molecule has 66 valence electrons. The van der Waals surface area contributed by atoms with Crippen LogP contribution in [0.5, 0.6) is 0 Å². The zero-order valence-electron chi connectivity index (χ0n) is 7.71. The van der Waals surface area contributed by atoms with Crippen LogP contribution in [0.25, 0.3) is 0 Å². The summed E-state index contributed by atoms with van der Waals surface area (Å²) in [5, 5.41) is 8.56. The van der Waals surface area contributed by atoms with Crippen LogP contribution in [-0.4, -0.2) is 11.7 Å². The quantitative estimate of drug-likeness (QED) is 0.586. The Morgan fingerprint density at radius 3 is 2.73 bits per heavy atom. The standard InChI is InChI=1S/C10H20O/c1-3-4-5-7-10(2)8-6-9-11/h5,7,10-11H,3-4,6,8-9H2,1-2H3/b7-5-. The molecule has 0 aromatic heterocycles. The van der Waals surface area contributed by atoms with Crippen molar-refractivity contribution in [2.75, 3.05) is 6.61 Å². The second-order valence-electron chi connectivity index (χ2n) is 3.06. The van der Waals surface area contributed by atoms with Crippen molar-refractivity contribution in [3.8, 4) is 0 Å². The fraction of sp³-hybridized carbons (Fsp3) is 0.800. The Labute approximate surface area is 70.1 Å². The van der Waals surface area contributed by atoms with Crippen molar-refractivity contribution in [1.82, 2.24) is 0 Å². The summed E-state index contributed by atoms with van der Waals surface area (Å²) < 4.78 is 0. The van der Waals surface area contributed by atoms with Gasteiger partial charge in [0.1, 0.15) is 0 Å². The van der Waals surface area contributed by atoms with Gasteiger partial charge in [-0.25, -0.2) is 0 Å². The Morgan fingerprint density at radius 2 is 2.18 bits per heavy atom. The monoisotopic (exact) mass is 156 g/mol. The van der Waals surface area contributed by atoms with E-state index in [-0.39, 0.29) is 0 Å². The van der Waals surface area contributed by atoms with Crippen LogP contribution in [0.1, 0.15) is 39.5 Å². The minimum atomic E-state index is 0.325. The molecule has 0 fully saturated rings. The van der Waals surface area contributed by atoms with Crippen molar-refractivity contribution < 1.29 is 5.11 Å². The Bertz CT molecular complexity index is 97.0. The average Bonchev–Trinajstić information content (AvgIpc) is 2.01. The smallest absolute Gasteiger partial charge is 0.0431 e. The lowest BCUT2D eigenvalue weighted by Crippen LogP contribution is -1.91. The van der Waals surface area contributed by atoms with E-state index in [2.05, 4.69) is 26.0 Å². The maximum atomic E-state index is 8.56. The SMILES string of the molecule is CCC/C=C\C(C)CCCO. The second kappa shape index (κ2) is 7.80. The summed E-state index contributed by atoms with van der Waals surface area (Å²) in [6.45, 7) is 4.70. The van der Waals surface area contributed by atoms with E-state index >= 15 is 0 Å². The molecule has 0 aliphatic rings. The van der Waals surface area contributed by atoms with E-state index in [0.717, 1.165) is 12.8 Å². The fourth-order valence-corrected chi connectivity index (χ4v) is 1.00. The van der Waals surface area contributed by atoms with Gasteiger partial charge < -0.3 is 5.11 Å². The van der Waals surface area contributed by atoms with E-state index < -0.39 is 0 Å². The van der Waals surface area contributed by atoms with Gasteiger partial charge in [0.05, 0.1) is 0 Å². The molecule has 1 unspecified atom stereocenters. The molecule has 0 saturated heterocycles. The molecule has 0 heterocycles. The summed E-state index contributed by atoms with van der Waals surface area (Å²) in [6.07, 6.45) is 8.93. The van der Waals surface area contributed by atoms with Gasteiger partial charge >= 0.3 is 0 Å². The van der Waals surface area contributed by atoms with Crippen LogP contribution in [-0.2, 0) is 0 Å². The van der Waals surface area contributed by atoms with Gasteiger partial charge in [0, 0.05) is 6.61 Å². The van der Waals surface area contributed by atoms with Crippen molar-refractivity contribution in [2.24, 2.45) is 5.92 Å². The summed E-state index contributed by atoms with van der Waals surface area (Å²) in [4.78, 5) is 0. The van der Waals surface area contributed by atoms with Gasteiger partial charge in [0.15, 0.2) is 0 Å². The van der Waals surface area contributed by atoms with Gasteiger partial charge in [-0.2, -0.15) is 0 Å². The molecule has 0 spiro atoms. The molecule has 0 rings (SSSR count). The molecule has 0 aliphatic heterocycles. The Morgan fingerprint density at radius 1 is 1.45 bits per heavy atom. The number of allylic oxidation sites excluding steroid dienone is 2. The lowest BCUT2D eigenvalue weighted by atomic mass is 10.1. The molecule has 0 aromatic rings. The van der Waals surface area contributed by atoms with Gasteiger partial charge in [-0.3, -0.25) is 0 Å². The van der Waals surface area contributed by atoms with Crippen LogP contribution in [0, 0.1) is 5.92 Å². The summed E-state index contributed by atoms with van der Waals surface area (Å²) in [5.41, 5.74) is 0. The van der Waals surface area contributed by atoms with E-state index in [0.29, 0.717) is 12.5 Å². The van der Waals surface area contributed by atoms with Crippen LogP contribution < -0.4 is 0 Å². The van der Waals surface area contributed by atoms with Crippen LogP contribution in [0.15, 0.2) is 12.2 Å². The number of rotatable bonds is 6. The summed E-state index contributed by atoms with van der Waals surface area (Å²) in [5.74, 6) is 0.633. The highest BCUT2D eigenvalue weighted by atomic mass is 16.2. The zero-order chi connectivity index (χ0) is 8.53. The number of aliphatic hydroxyl groups is 1. The van der Waals surface area contributed by atoms with Gasteiger partial charge in [0.2, 0.25) is 0 Å². The lowest BCUT2D eigenvalue weighted by Gasteiger charge is -2.02. The molecule has 0 aliphatic carbocycles. The third-order valence-electron chi connectivity index (χ3n) is 1.74. The normalized spacial score (nSPS) is 14.1. The van der Waals surface area contributed by atoms with Crippen molar-refractivity contribution in [1.29, 1.82) is 0 Å². The third-order valence-corrected chi connectivity index (χ3v) is 1.74. The summed E-state index contributed by atoms with van der Waals surface area (Å²) in [6, 6.07) is 0. The predicted octanol–water partition coefficient (Wildman–Crippen LogP) is 2.75. The van der Waals surface area contributed by atoms with Gasteiger partial charge in [-0.15, -0.1) is 0 Å². The number of unbranched alkanes of at least 4 members (excludes halogenated alkanes) is 1. The molecule has 0 radical (unpaired) electrons.